The highest BCUT2D eigenvalue weighted by Gasteiger charge is 2.08. The van der Waals surface area contributed by atoms with Gasteiger partial charge >= 0.3 is 0 Å². The Hall–Kier alpha value is -2.93. The number of fused-ring (bicyclic) bond motifs is 1. The average molecular weight is 247 g/mol. The van der Waals surface area contributed by atoms with E-state index in [1.54, 1.807) is 6.07 Å². The van der Waals surface area contributed by atoms with E-state index in [9.17, 15) is 4.79 Å². The van der Waals surface area contributed by atoms with Gasteiger partial charge in [-0.05, 0) is 29.3 Å². The molecule has 0 atom stereocenters. The topological polar surface area (TPSA) is 69.5 Å². The van der Waals surface area contributed by atoms with Gasteiger partial charge < -0.3 is 0 Å². The maximum absolute atomic E-state index is 10.9. The summed E-state index contributed by atoms with van der Waals surface area (Å²) < 4.78 is 0. The van der Waals surface area contributed by atoms with Crippen LogP contribution in [0.25, 0.3) is 22.0 Å². The number of hydrogen-bond acceptors (Lipinski definition) is 3. The van der Waals surface area contributed by atoms with E-state index in [0.717, 1.165) is 28.3 Å². The Labute approximate surface area is 109 Å². The first-order chi connectivity index (χ1) is 9.33. The highest BCUT2D eigenvalue weighted by atomic mass is 16.1. The Balaban J connectivity index is 2.26. The molecule has 0 bridgehead atoms. The van der Waals surface area contributed by atoms with Gasteiger partial charge in [0.2, 0.25) is 0 Å². The minimum absolute atomic E-state index is 0.381. The molecule has 0 aliphatic carbocycles. The van der Waals surface area contributed by atoms with Crippen LogP contribution in [0.1, 0.15) is 16.1 Å². The molecule has 3 aromatic rings. The number of hydrogen-bond donors (Lipinski definition) is 1. The normalized spacial score (nSPS) is 10.3. The van der Waals surface area contributed by atoms with Crippen molar-refractivity contribution in [1.29, 1.82) is 5.26 Å². The largest absolute Gasteiger partial charge is 0.296 e. The molecule has 0 saturated heterocycles. The fraction of sp³-hybridized carbons (Fsp3) is 0. The fourth-order valence-electron chi connectivity index (χ4n) is 2.12. The molecule has 0 spiro atoms. The van der Waals surface area contributed by atoms with Gasteiger partial charge in [0.05, 0.1) is 17.1 Å². The van der Waals surface area contributed by atoms with Gasteiger partial charge in [-0.2, -0.15) is 10.4 Å². The van der Waals surface area contributed by atoms with Crippen LogP contribution in [0, 0.1) is 11.3 Å². The molecule has 0 aliphatic heterocycles. The van der Waals surface area contributed by atoms with Crippen LogP contribution >= 0.6 is 0 Å². The summed E-state index contributed by atoms with van der Waals surface area (Å²) in [5.41, 5.74) is 3.55. The lowest BCUT2D eigenvalue weighted by atomic mass is 9.99. The number of carbonyl (C=O) groups excluding carboxylic acids is 1. The number of benzene rings is 2. The first-order valence-electron chi connectivity index (χ1n) is 5.76. The third kappa shape index (κ3) is 1.78. The van der Waals surface area contributed by atoms with Crippen molar-refractivity contribution in [3.63, 3.8) is 0 Å². The zero-order valence-corrected chi connectivity index (χ0v) is 9.92. The predicted molar refractivity (Wildman–Crippen MR) is 71.6 cm³/mol. The summed E-state index contributed by atoms with van der Waals surface area (Å²) in [5.74, 6) is 0. The molecule has 0 amide bonds. The molecule has 1 N–H and O–H groups in total. The number of nitriles is 1. The molecule has 1 aromatic heterocycles. The number of aromatic amines is 1. The van der Waals surface area contributed by atoms with Crippen LogP contribution in [0.5, 0.6) is 0 Å². The van der Waals surface area contributed by atoms with Crippen LogP contribution in [-0.2, 0) is 0 Å². The predicted octanol–water partition coefficient (Wildman–Crippen LogP) is 2.91. The van der Waals surface area contributed by atoms with Crippen molar-refractivity contribution in [2.75, 3.05) is 0 Å². The molecule has 1 heterocycles. The lowest BCUT2D eigenvalue weighted by molar-refractivity contribution is 0.112. The summed E-state index contributed by atoms with van der Waals surface area (Å²) in [6.07, 6.45) is 0.721. The van der Waals surface area contributed by atoms with Gasteiger partial charge in [0.25, 0.3) is 0 Å². The summed E-state index contributed by atoms with van der Waals surface area (Å²) in [6.45, 7) is 0. The smallest absolute Gasteiger partial charge is 0.170 e. The number of H-pyrrole nitrogens is 1. The van der Waals surface area contributed by atoms with E-state index < -0.39 is 0 Å². The van der Waals surface area contributed by atoms with Gasteiger partial charge in [-0.1, -0.05) is 24.3 Å². The van der Waals surface area contributed by atoms with Crippen molar-refractivity contribution in [3.8, 4) is 17.2 Å². The van der Waals surface area contributed by atoms with E-state index in [1.165, 1.54) is 0 Å². The van der Waals surface area contributed by atoms with Crippen LogP contribution < -0.4 is 0 Å². The Morgan fingerprint density at radius 1 is 1.21 bits per heavy atom. The standard InChI is InChI=1S/C15H9N3O/c16-8-11-3-1-2-4-12(11)10-5-6-14-13(7-10)15(9-19)18-17-14/h1-7,9H,(H,17,18). The van der Waals surface area contributed by atoms with Gasteiger partial charge in [-0.15, -0.1) is 0 Å². The summed E-state index contributed by atoms with van der Waals surface area (Å²) in [4.78, 5) is 10.9. The van der Waals surface area contributed by atoms with Crippen molar-refractivity contribution in [2.45, 2.75) is 0 Å². The molecule has 4 heteroatoms. The maximum Gasteiger partial charge on any atom is 0.170 e. The quantitative estimate of drug-likeness (QED) is 0.708. The third-order valence-electron chi connectivity index (χ3n) is 3.06. The average Bonchev–Trinajstić information content (AvgIpc) is 2.89. The molecule has 90 valence electrons. The maximum atomic E-state index is 10.9. The summed E-state index contributed by atoms with van der Waals surface area (Å²) in [6, 6.07) is 15.2. The lowest BCUT2D eigenvalue weighted by Gasteiger charge is -2.04. The Morgan fingerprint density at radius 2 is 2.05 bits per heavy atom. The molecule has 0 saturated carbocycles. The summed E-state index contributed by atoms with van der Waals surface area (Å²) in [5, 5.41) is 16.6. The first-order valence-corrected chi connectivity index (χ1v) is 5.76. The van der Waals surface area contributed by atoms with E-state index in [1.807, 2.05) is 36.4 Å². The molecular weight excluding hydrogens is 238 g/mol. The van der Waals surface area contributed by atoms with Crippen molar-refractivity contribution in [2.24, 2.45) is 0 Å². The van der Waals surface area contributed by atoms with E-state index >= 15 is 0 Å². The Kier molecular flexibility index (Phi) is 2.58. The number of nitrogens with one attached hydrogen (secondary N) is 1. The summed E-state index contributed by atoms with van der Waals surface area (Å²) >= 11 is 0. The molecule has 2 aromatic carbocycles. The van der Waals surface area contributed by atoms with E-state index in [0.29, 0.717) is 11.3 Å². The Morgan fingerprint density at radius 3 is 2.84 bits per heavy atom. The molecule has 0 radical (unpaired) electrons. The highest BCUT2D eigenvalue weighted by Crippen LogP contribution is 2.27. The number of aromatic nitrogens is 2. The molecule has 0 fully saturated rings. The minimum atomic E-state index is 0.381. The SMILES string of the molecule is N#Cc1ccccc1-c1ccc2[nH]nc(C=O)c2c1. The van der Waals surface area contributed by atoms with Crippen molar-refractivity contribution in [1.82, 2.24) is 10.2 Å². The van der Waals surface area contributed by atoms with Crippen LogP contribution in [0.3, 0.4) is 0 Å². The zero-order valence-electron chi connectivity index (χ0n) is 9.92. The number of aldehydes is 1. The van der Waals surface area contributed by atoms with Crippen molar-refractivity contribution in [3.05, 3.63) is 53.7 Å². The summed E-state index contributed by atoms with van der Waals surface area (Å²) in [7, 11) is 0. The Bertz CT molecular complexity index is 812. The van der Waals surface area contributed by atoms with Crippen molar-refractivity contribution < 1.29 is 4.79 Å². The van der Waals surface area contributed by atoms with Crippen LogP contribution in [-0.4, -0.2) is 16.5 Å². The van der Waals surface area contributed by atoms with Gasteiger partial charge in [0.15, 0.2) is 6.29 Å². The molecule has 4 nitrogen and oxygen atoms in total. The monoisotopic (exact) mass is 247 g/mol. The lowest BCUT2D eigenvalue weighted by Crippen LogP contribution is -1.84. The third-order valence-corrected chi connectivity index (χ3v) is 3.06. The zero-order chi connectivity index (χ0) is 13.2. The van der Waals surface area contributed by atoms with Crippen LogP contribution in [0.15, 0.2) is 42.5 Å². The highest BCUT2D eigenvalue weighted by molar-refractivity contribution is 5.97. The van der Waals surface area contributed by atoms with Gasteiger partial charge in [0.1, 0.15) is 5.69 Å². The van der Waals surface area contributed by atoms with Crippen LogP contribution in [0.4, 0.5) is 0 Å². The minimum Gasteiger partial charge on any atom is -0.296 e. The van der Waals surface area contributed by atoms with E-state index in [2.05, 4.69) is 16.3 Å². The van der Waals surface area contributed by atoms with Crippen molar-refractivity contribution >= 4 is 17.2 Å². The number of carbonyl (C=O) groups is 1. The molecule has 0 unspecified atom stereocenters. The second-order valence-electron chi connectivity index (χ2n) is 4.14. The van der Waals surface area contributed by atoms with Gasteiger partial charge in [-0.25, -0.2) is 0 Å². The van der Waals surface area contributed by atoms with Gasteiger partial charge in [-0.3, -0.25) is 9.89 Å². The molecule has 3 rings (SSSR count). The molecule has 19 heavy (non-hydrogen) atoms. The fourth-order valence-corrected chi connectivity index (χ4v) is 2.12. The first kappa shape index (κ1) is 11.2. The van der Waals surface area contributed by atoms with Crippen LogP contribution in [0.2, 0.25) is 0 Å². The molecule has 0 aliphatic rings. The second-order valence-corrected chi connectivity index (χ2v) is 4.14. The second kappa shape index (κ2) is 4.39. The van der Waals surface area contributed by atoms with E-state index in [-0.39, 0.29) is 0 Å². The van der Waals surface area contributed by atoms with E-state index in [4.69, 9.17) is 5.26 Å². The van der Waals surface area contributed by atoms with Gasteiger partial charge in [0, 0.05) is 5.39 Å². The number of rotatable bonds is 2. The molecular formula is C15H9N3O. The number of nitrogens with zero attached hydrogens (tertiary/aromatic N) is 2.